The fraction of sp³-hybridized carbons (Fsp3) is 0.556. The van der Waals surface area contributed by atoms with Crippen LogP contribution in [0.25, 0.3) is 0 Å². The third-order valence-electron chi connectivity index (χ3n) is 2.59. The number of amides is 2. The molecular weight excluding hydrogens is 240 g/mol. The zero-order valence-electron chi connectivity index (χ0n) is 9.75. The van der Waals surface area contributed by atoms with Gasteiger partial charge in [-0.15, -0.1) is 0 Å². The van der Waals surface area contributed by atoms with Crippen molar-refractivity contribution in [3.8, 4) is 0 Å². The van der Waals surface area contributed by atoms with Gasteiger partial charge in [0.25, 0.3) is 0 Å². The summed E-state index contributed by atoms with van der Waals surface area (Å²) >= 11 is 0. The first-order chi connectivity index (χ1) is 8.60. The molecule has 9 heteroatoms. The summed E-state index contributed by atoms with van der Waals surface area (Å²) in [6, 6.07) is -1.05. The Kier molecular flexibility index (Phi) is 3.42. The Bertz CT molecular complexity index is 459. The Morgan fingerprint density at radius 2 is 2.44 bits per heavy atom. The standard InChI is InChI=1S/C9H14N6O3/c1-10-2-5-3-11-15(14-5)4-6-7(8(16)12-6)13-9(17)18/h3,6-7,10,13H,2,4H2,1H3,(H,12,16)(H,17,18)/t6-,7-/m0/s1. The largest absolute Gasteiger partial charge is 0.465 e. The van der Waals surface area contributed by atoms with Crippen molar-refractivity contribution in [2.75, 3.05) is 7.05 Å². The van der Waals surface area contributed by atoms with Gasteiger partial charge in [-0.25, -0.2) is 4.79 Å². The van der Waals surface area contributed by atoms with Gasteiger partial charge in [0.15, 0.2) is 0 Å². The van der Waals surface area contributed by atoms with E-state index in [2.05, 4.69) is 26.1 Å². The first-order valence-electron chi connectivity index (χ1n) is 5.43. The van der Waals surface area contributed by atoms with Gasteiger partial charge in [0, 0.05) is 6.54 Å². The normalized spacial score (nSPS) is 22.2. The predicted molar refractivity (Wildman–Crippen MR) is 59.7 cm³/mol. The topological polar surface area (TPSA) is 121 Å². The Morgan fingerprint density at radius 1 is 1.67 bits per heavy atom. The summed E-state index contributed by atoms with van der Waals surface area (Å²) in [6.07, 6.45) is 0.403. The maximum absolute atomic E-state index is 11.2. The lowest BCUT2D eigenvalue weighted by Gasteiger charge is -2.35. The van der Waals surface area contributed by atoms with Crippen LogP contribution in [0.3, 0.4) is 0 Å². The Hall–Kier alpha value is -2.16. The maximum Gasteiger partial charge on any atom is 0.405 e. The molecule has 0 saturated carbocycles. The molecule has 0 spiro atoms. The first kappa shape index (κ1) is 12.3. The number of nitrogens with one attached hydrogen (secondary N) is 3. The molecular formula is C9H14N6O3. The van der Waals surface area contributed by atoms with Gasteiger partial charge in [-0.05, 0) is 7.05 Å². The van der Waals surface area contributed by atoms with Crippen LogP contribution in [0.15, 0.2) is 6.20 Å². The average molecular weight is 254 g/mol. The Labute approximate surface area is 103 Å². The summed E-state index contributed by atoms with van der Waals surface area (Å²) in [5, 5.41) is 24.5. The summed E-state index contributed by atoms with van der Waals surface area (Å²) < 4.78 is 0. The van der Waals surface area contributed by atoms with E-state index in [0.29, 0.717) is 13.1 Å². The molecule has 0 aliphatic carbocycles. The Balaban J connectivity index is 1.92. The fourth-order valence-electron chi connectivity index (χ4n) is 1.75. The smallest absolute Gasteiger partial charge is 0.405 e. The van der Waals surface area contributed by atoms with Crippen molar-refractivity contribution >= 4 is 12.0 Å². The number of β-lactam (4-membered cyclic amide) rings is 1. The van der Waals surface area contributed by atoms with Crippen molar-refractivity contribution < 1.29 is 14.7 Å². The van der Waals surface area contributed by atoms with Crippen molar-refractivity contribution in [3.05, 3.63) is 11.9 Å². The molecule has 2 rings (SSSR count). The van der Waals surface area contributed by atoms with Crippen LogP contribution >= 0.6 is 0 Å². The number of hydrogen-bond donors (Lipinski definition) is 4. The molecule has 0 aromatic carbocycles. The van der Waals surface area contributed by atoms with Crippen LogP contribution in [-0.2, 0) is 17.9 Å². The molecule has 2 heterocycles. The summed E-state index contributed by atoms with van der Waals surface area (Å²) in [4.78, 5) is 23.1. The zero-order chi connectivity index (χ0) is 13.1. The van der Waals surface area contributed by atoms with Crippen LogP contribution < -0.4 is 16.0 Å². The molecule has 18 heavy (non-hydrogen) atoms. The number of hydrogen-bond acceptors (Lipinski definition) is 5. The van der Waals surface area contributed by atoms with E-state index in [0.717, 1.165) is 5.69 Å². The van der Waals surface area contributed by atoms with E-state index < -0.39 is 12.1 Å². The number of carboxylic acid groups (broad SMARTS) is 1. The highest BCUT2D eigenvalue weighted by atomic mass is 16.4. The van der Waals surface area contributed by atoms with Crippen LogP contribution in [-0.4, -0.2) is 51.2 Å². The van der Waals surface area contributed by atoms with Gasteiger partial charge < -0.3 is 21.1 Å². The minimum absolute atomic E-state index is 0.316. The highest BCUT2D eigenvalue weighted by Gasteiger charge is 2.40. The van der Waals surface area contributed by atoms with E-state index in [1.54, 1.807) is 13.2 Å². The molecule has 9 nitrogen and oxygen atoms in total. The second-order valence-electron chi connectivity index (χ2n) is 3.96. The third kappa shape index (κ3) is 2.56. The molecule has 98 valence electrons. The molecule has 1 aromatic heterocycles. The molecule has 4 N–H and O–H groups in total. The summed E-state index contributed by atoms with van der Waals surface area (Å²) in [6.45, 7) is 0.939. The molecule has 1 saturated heterocycles. The summed E-state index contributed by atoms with van der Waals surface area (Å²) in [5.41, 5.74) is 0.783. The van der Waals surface area contributed by atoms with E-state index in [1.807, 2.05) is 0 Å². The van der Waals surface area contributed by atoms with Gasteiger partial charge in [-0.3, -0.25) is 4.79 Å². The SMILES string of the molecule is CNCc1cnn(C[C@@H]2NC(=O)[C@H]2NC(=O)O)n1. The average Bonchev–Trinajstić information content (AvgIpc) is 2.74. The van der Waals surface area contributed by atoms with Crippen molar-refractivity contribution in [1.82, 2.24) is 30.9 Å². The predicted octanol–water partition coefficient (Wildman–Crippen LogP) is -1.87. The van der Waals surface area contributed by atoms with Crippen molar-refractivity contribution in [1.29, 1.82) is 0 Å². The molecule has 1 fully saturated rings. The van der Waals surface area contributed by atoms with E-state index in [4.69, 9.17) is 5.11 Å². The molecule has 2 amide bonds. The van der Waals surface area contributed by atoms with Gasteiger partial charge in [0.1, 0.15) is 6.04 Å². The van der Waals surface area contributed by atoms with Gasteiger partial charge in [-0.2, -0.15) is 15.0 Å². The second kappa shape index (κ2) is 5.00. The summed E-state index contributed by atoms with van der Waals surface area (Å²) in [5.74, 6) is -0.329. The van der Waals surface area contributed by atoms with Gasteiger partial charge >= 0.3 is 6.09 Å². The fourth-order valence-corrected chi connectivity index (χ4v) is 1.75. The monoisotopic (exact) mass is 254 g/mol. The van der Waals surface area contributed by atoms with Crippen molar-refractivity contribution in [2.24, 2.45) is 0 Å². The molecule has 0 radical (unpaired) electrons. The van der Waals surface area contributed by atoms with Crippen molar-refractivity contribution in [3.63, 3.8) is 0 Å². The molecule has 0 unspecified atom stereocenters. The minimum atomic E-state index is -1.22. The van der Waals surface area contributed by atoms with Gasteiger partial charge in [0.05, 0.1) is 24.5 Å². The van der Waals surface area contributed by atoms with Crippen LogP contribution in [0.2, 0.25) is 0 Å². The summed E-state index contributed by atoms with van der Waals surface area (Å²) in [7, 11) is 1.80. The van der Waals surface area contributed by atoms with E-state index in [-0.39, 0.29) is 11.9 Å². The van der Waals surface area contributed by atoms with E-state index >= 15 is 0 Å². The molecule has 1 aromatic rings. The first-order valence-corrected chi connectivity index (χ1v) is 5.43. The van der Waals surface area contributed by atoms with Gasteiger partial charge in [0.2, 0.25) is 5.91 Å². The van der Waals surface area contributed by atoms with Crippen molar-refractivity contribution in [2.45, 2.75) is 25.2 Å². The van der Waals surface area contributed by atoms with Crippen LogP contribution in [0, 0.1) is 0 Å². The lowest BCUT2D eigenvalue weighted by molar-refractivity contribution is -0.131. The number of carbonyl (C=O) groups is 2. The highest BCUT2D eigenvalue weighted by molar-refractivity contribution is 5.91. The van der Waals surface area contributed by atoms with Gasteiger partial charge in [-0.1, -0.05) is 0 Å². The maximum atomic E-state index is 11.2. The minimum Gasteiger partial charge on any atom is -0.465 e. The van der Waals surface area contributed by atoms with Crippen LogP contribution in [0.4, 0.5) is 4.79 Å². The highest BCUT2D eigenvalue weighted by Crippen LogP contribution is 2.08. The second-order valence-corrected chi connectivity index (χ2v) is 3.96. The lowest BCUT2D eigenvalue weighted by atomic mass is 9.99. The van der Waals surface area contributed by atoms with E-state index in [9.17, 15) is 9.59 Å². The molecule has 2 atom stereocenters. The quantitative estimate of drug-likeness (QED) is 0.457. The van der Waals surface area contributed by atoms with E-state index in [1.165, 1.54) is 4.80 Å². The van der Waals surface area contributed by atoms with Crippen LogP contribution in [0.5, 0.6) is 0 Å². The molecule has 0 bridgehead atoms. The van der Waals surface area contributed by atoms with Crippen LogP contribution in [0.1, 0.15) is 5.69 Å². The third-order valence-corrected chi connectivity index (χ3v) is 2.59. The number of rotatable bonds is 5. The lowest BCUT2D eigenvalue weighted by Crippen LogP contribution is -2.70. The zero-order valence-corrected chi connectivity index (χ0v) is 9.75. The Morgan fingerprint density at radius 3 is 3.06 bits per heavy atom. The number of nitrogens with zero attached hydrogens (tertiary/aromatic N) is 3. The molecule has 1 aliphatic heterocycles. The number of carbonyl (C=O) groups excluding carboxylic acids is 1. The number of aromatic nitrogens is 3. The molecule has 1 aliphatic rings.